The van der Waals surface area contributed by atoms with E-state index in [1.54, 1.807) is 12.3 Å². The molecular weight excluding hydrogens is 411 g/mol. The maximum Gasteiger partial charge on any atom is 0.339 e. The SMILES string of the molecule is O=C(O)c1cnccc1Nc1ccc(I)c(Br)c1. The second-order valence-corrected chi connectivity index (χ2v) is 5.50. The molecule has 4 nitrogen and oxygen atoms in total. The molecule has 0 atom stereocenters. The molecule has 0 amide bonds. The van der Waals surface area contributed by atoms with Crippen molar-refractivity contribution in [3.8, 4) is 0 Å². The monoisotopic (exact) mass is 418 g/mol. The van der Waals surface area contributed by atoms with Crippen molar-refractivity contribution in [3.63, 3.8) is 0 Å². The summed E-state index contributed by atoms with van der Waals surface area (Å²) in [5.74, 6) is -1.00. The number of nitrogens with zero attached hydrogens (tertiary/aromatic N) is 1. The number of aromatic carboxylic acids is 1. The molecule has 18 heavy (non-hydrogen) atoms. The lowest BCUT2D eigenvalue weighted by Crippen LogP contribution is -2.03. The Labute approximate surface area is 126 Å². The summed E-state index contributed by atoms with van der Waals surface area (Å²) >= 11 is 5.64. The fraction of sp³-hybridized carbons (Fsp3) is 0. The summed E-state index contributed by atoms with van der Waals surface area (Å²) in [6.07, 6.45) is 2.88. The van der Waals surface area contributed by atoms with Crippen LogP contribution in [0.4, 0.5) is 11.4 Å². The van der Waals surface area contributed by atoms with Gasteiger partial charge in [0.2, 0.25) is 0 Å². The van der Waals surface area contributed by atoms with E-state index in [-0.39, 0.29) is 5.56 Å². The number of halogens is 2. The first kappa shape index (κ1) is 13.3. The van der Waals surface area contributed by atoms with Crippen molar-refractivity contribution < 1.29 is 9.90 Å². The average Bonchev–Trinajstić information content (AvgIpc) is 2.34. The van der Waals surface area contributed by atoms with E-state index >= 15 is 0 Å². The summed E-state index contributed by atoms with van der Waals surface area (Å²) in [7, 11) is 0. The topological polar surface area (TPSA) is 62.2 Å². The average molecular weight is 419 g/mol. The van der Waals surface area contributed by atoms with Gasteiger partial charge in [0.15, 0.2) is 0 Å². The summed E-state index contributed by atoms with van der Waals surface area (Å²) < 4.78 is 2.05. The third kappa shape index (κ3) is 2.99. The zero-order valence-electron chi connectivity index (χ0n) is 9.02. The number of anilines is 2. The van der Waals surface area contributed by atoms with E-state index < -0.39 is 5.97 Å². The number of benzene rings is 1. The second-order valence-electron chi connectivity index (χ2n) is 3.48. The number of aromatic nitrogens is 1. The van der Waals surface area contributed by atoms with Gasteiger partial charge in [0, 0.05) is 26.1 Å². The molecular formula is C12H8BrIN2O2. The second kappa shape index (κ2) is 5.66. The van der Waals surface area contributed by atoms with Crippen molar-refractivity contribution in [1.82, 2.24) is 4.98 Å². The minimum Gasteiger partial charge on any atom is -0.478 e. The Kier molecular flexibility index (Phi) is 4.18. The van der Waals surface area contributed by atoms with Crippen LogP contribution in [0.5, 0.6) is 0 Å². The minimum absolute atomic E-state index is 0.146. The van der Waals surface area contributed by atoms with Crippen LogP contribution in [0.25, 0.3) is 0 Å². The van der Waals surface area contributed by atoms with Gasteiger partial charge in [0.05, 0.1) is 5.69 Å². The van der Waals surface area contributed by atoms with Gasteiger partial charge in [-0.25, -0.2) is 4.79 Å². The van der Waals surface area contributed by atoms with Crippen LogP contribution >= 0.6 is 38.5 Å². The molecule has 2 rings (SSSR count). The zero-order chi connectivity index (χ0) is 13.1. The third-order valence-electron chi connectivity index (χ3n) is 2.25. The van der Waals surface area contributed by atoms with Crippen LogP contribution in [-0.4, -0.2) is 16.1 Å². The maximum absolute atomic E-state index is 11.0. The lowest BCUT2D eigenvalue weighted by Gasteiger charge is -2.09. The number of carboxylic acids is 1. The van der Waals surface area contributed by atoms with Crippen molar-refractivity contribution in [3.05, 3.63) is 50.3 Å². The number of carbonyl (C=O) groups is 1. The molecule has 92 valence electrons. The molecule has 0 aliphatic rings. The summed E-state index contributed by atoms with van der Waals surface area (Å²) in [6.45, 7) is 0. The number of pyridine rings is 1. The van der Waals surface area contributed by atoms with E-state index in [1.165, 1.54) is 6.20 Å². The zero-order valence-corrected chi connectivity index (χ0v) is 12.8. The molecule has 6 heteroatoms. The van der Waals surface area contributed by atoms with E-state index in [2.05, 4.69) is 48.8 Å². The Bertz CT molecular complexity index is 604. The summed E-state index contributed by atoms with van der Waals surface area (Å²) in [5, 5.41) is 12.1. The molecule has 0 bridgehead atoms. The molecule has 1 aromatic carbocycles. The molecule has 0 aliphatic carbocycles. The van der Waals surface area contributed by atoms with Crippen LogP contribution in [0, 0.1) is 3.57 Å². The van der Waals surface area contributed by atoms with E-state index in [0.717, 1.165) is 13.7 Å². The first-order valence-corrected chi connectivity index (χ1v) is 6.84. The standard InChI is InChI=1S/C12H8BrIN2O2/c13-9-5-7(1-2-10(9)14)16-11-3-4-15-6-8(11)12(17)18/h1-6H,(H,15,16)(H,17,18). The van der Waals surface area contributed by atoms with Gasteiger partial charge in [-0.2, -0.15) is 0 Å². The van der Waals surface area contributed by atoms with E-state index in [4.69, 9.17) is 5.11 Å². The Morgan fingerprint density at radius 3 is 2.83 bits per heavy atom. The summed E-state index contributed by atoms with van der Waals surface area (Å²) in [6, 6.07) is 7.36. The van der Waals surface area contributed by atoms with E-state index in [1.807, 2.05) is 18.2 Å². The highest BCUT2D eigenvalue weighted by Gasteiger charge is 2.10. The fourth-order valence-corrected chi connectivity index (χ4v) is 2.12. The summed E-state index contributed by atoms with van der Waals surface area (Å²) in [5.41, 5.74) is 1.48. The minimum atomic E-state index is -1.00. The molecule has 0 spiro atoms. The molecule has 0 radical (unpaired) electrons. The van der Waals surface area contributed by atoms with Gasteiger partial charge < -0.3 is 10.4 Å². The molecule has 2 aromatic rings. The summed E-state index contributed by atoms with van der Waals surface area (Å²) in [4.78, 5) is 14.9. The Balaban J connectivity index is 2.34. The molecule has 1 aromatic heterocycles. The molecule has 0 fully saturated rings. The van der Waals surface area contributed by atoms with Crippen LogP contribution in [0.1, 0.15) is 10.4 Å². The van der Waals surface area contributed by atoms with E-state index in [9.17, 15) is 4.79 Å². The van der Waals surface area contributed by atoms with Crippen LogP contribution in [0.15, 0.2) is 41.1 Å². The highest BCUT2D eigenvalue weighted by Crippen LogP contribution is 2.26. The van der Waals surface area contributed by atoms with Gasteiger partial charge >= 0.3 is 5.97 Å². The molecule has 1 heterocycles. The Morgan fingerprint density at radius 1 is 1.39 bits per heavy atom. The largest absolute Gasteiger partial charge is 0.478 e. The number of rotatable bonds is 3. The van der Waals surface area contributed by atoms with Gasteiger partial charge in [-0.15, -0.1) is 0 Å². The molecule has 0 aliphatic heterocycles. The lowest BCUT2D eigenvalue weighted by molar-refractivity contribution is 0.0697. The Hall–Kier alpha value is -1.15. The smallest absolute Gasteiger partial charge is 0.339 e. The van der Waals surface area contributed by atoms with Crippen LogP contribution in [0.2, 0.25) is 0 Å². The number of hydrogen-bond donors (Lipinski definition) is 2. The van der Waals surface area contributed by atoms with E-state index in [0.29, 0.717) is 5.69 Å². The lowest BCUT2D eigenvalue weighted by atomic mass is 10.2. The van der Waals surface area contributed by atoms with Crippen LogP contribution in [0.3, 0.4) is 0 Å². The van der Waals surface area contributed by atoms with Gasteiger partial charge in [-0.3, -0.25) is 4.98 Å². The molecule has 0 unspecified atom stereocenters. The van der Waals surface area contributed by atoms with Crippen molar-refractivity contribution >= 4 is 55.9 Å². The highest BCUT2D eigenvalue weighted by atomic mass is 127. The van der Waals surface area contributed by atoms with Gasteiger partial charge in [-0.1, -0.05) is 0 Å². The molecule has 0 saturated carbocycles. The highest BCUT2D eigenvalue weighted by molar-refractivity contribution is 14.1. The maximum atomic E-state index is 11.0. The van der Waals surface area contributed by atoms with Crippen molar-refractivity contribution in [1.29, 1.82) is 0 Å². The van der Waals surface area contributed by atoms with Crippen LogP contribution < -0.4 is 5.32 Å². The number of nitrogens with one attached hydrogen (secondary N) is 1. The molecule has 2 N–H and O–H groups in total. The number of carboxylic acid groups (broad SMARTS) is 1. The van der Waals surface area contributed by atoms with Gasteiger partial charge in [0.1, 0.15) is 5.56 Å². The Morgan fingerprint density at radius 2 is 2.17 bits per heavy atom. The third-order valence-corrected chi connectivity index (χ3v) is 4.59. The molecule has 0 saturated heterocycles. The first-order chi connectivity index (χ1) is 8.58. The number of hydrogen-bond acceptors (Lipinski definition) is 3. The first-order valence-electron chi connectivity index (χ1n) is 4.97. The van der Waals surface area contributed by atoms with Gasteiger partial charge in [0.25, 0.3) is 0 Å². The predicted molar refractivity (Wildman–Crippen MR) is 81.3 cm³/mol. The van der Waals surface area contributed by atoms with Crippen molar-refractivity contribution in [2.75, 3.05) is 5.32 Å². The predicted octanol–water partition coefficient (Wildman–Crippen LogP) is 3.89. The quantitative estimate of drug-likeness (QED) is 0.742. The van der Waals surface area contributed by atoms with Crippen LogP contribution in [-0.2, 0) is 0 Å². The van der Waals surface area contributed by atoms with Gasteiger partial charge in [-0.05, 0) is 62.8 Å². The van der Waals surface area contributed by atoms with Crippen molar-refractivity contribution in [2.45, 2.75) is 0 Å². The normalized spacial score (nSPS) is 10.1. The fourth-order valence-electron chi connectivity index (χ4n) is 1.40. The van der Waals surface area contributed by atoms with Crippen molar-refractivity contribution in [2.24, 2.45) is 0 Å².